The molecule has 2 nitrogen and oxygen atoms in total. The van der Waals surface area contributed by atoms with Crippen LogP contribution >= 0.6 is 0 Å². The second-order valence-corrected chi connectivity index (χ2v) is 5.40. The average molecular weight is 256 g/mol. The first-order valence-corrected chi connectivity index (χ1v) is 7.27. The molecule has 0 saturated heterocycles. The Morgan fingerprint density at radius 3 is 2.58 bits per heavy atom. The van der Waals surface area contributed by atoms with Crippen molar-refractivity contribution in [2.24, 2.45) is 4.99 Å². The van der Waals surface area contributed by atoms with Gasteiger partial charge in [-0.15, -0.1) is 0 Å². The third-order valence-electron chi connectivity index (χ3n) is 3.57. The van der Waals surface area contributed by atoms with Gasteiger partial charge in [0.1, 0.15) is 0 Å². The van der Waals surface area contributed by atoms with Crippen LogP contribution < -0.4 is 5.32 Å². The summed E-state index contributed by atoms with van der Waals surface area (Å²) >= 11 is 0. The minimum Gasteiger partial charge on any atom is -0.348 e. The Bertz CT molecular complexity index is 428. The topological polar surface area (TPSA) is 24.4 Å². The summed E-state index contributed by atoms with van der Waals surface area (Å²) in [5.41, 5.74) is 2.30. The maximum Gasteiger partial charge on any atom is 0.0976 e. The lowest BCUT2D eigenvalue weighted by Crippen LogP contribution is -2.23. The molecule has 1 aromatic carbocycles. The predicted octanol–water partition coefficient (Wildman–Crippen LogP) is 4.08. The summed E-state index contributed by atoms with van der Waals surface area (Å²) in [6, 6.07) is 10.9. The molecule has 1 aliphatic carbocycles. The summed E-state index contributed by atoms with van der Waals surface area (Å²) in [5.74, 6) is 1.01. The smallest absolute Gasteiger partial charge is 0.0976 e. The molecule has 0 aliphatic heterocycles. The van der Waals surface area contributed by atoms with Gasteiger partial charge in [-0.2, -0.15) is 0 Å². The zero-order chi connectivity index (χ0) is 13.5. The monoisotopic (exact) mass is 256 g/mol. The van der Waals surface area contributed by atoms with Gasteiger partial charge in [0.15, 0.2) is 0 Å². The summed E-state index contributed by atoms with van der Waals surface area (Å²) in [6.45, 7) is 6.14. The van der Waals surface area contributed by atoms with E-state index in [0.717, 1.165) is 18.0 Å². The number of nitrogens with zero attached hydrogens (tertiary/aromatic N) is 1. The van der Waals surface area contributed by atoms with Gasteiger partial charge < -0.3 is 5.32 Å². The predicted molar refractivity (Wildman–Crippen MR) is 82.4 cm³/mol. The number of hydrogen-bond acceptors (Lipinski definition) is 1. The molecule has 0 spiro atoms. The first kappa shape index (κ1) is 13.9. The molecule has 1 aromatic rings. The third-order valence-corrected chi connectivity index (χ3v) is 3.57. The Balaban J connectivity index is 1.82. The molecule has 1 N–H and O–H groups in total. The first-order chi connectivity index (χ1) is 9.24. The summed E-state index contributed by atoms with van der Waals surface area (Å²) in [6.07, 6.45) is 7.37. The van der Waals surface area contributed by atoms with E-state index in [1.54, 1.807) is 0 Å². The Hall–Kier alpha value is -1.57. The van der Waals surface area contributed by atoms with Crippen LogP contribution in [0.5, 0.6) is 0 Å². The minimum absolute atomic E-state index is 0.519. The summed E-state index contributed by atoms with van der Waals surface area (Å²) < 4.78 is 0. The number of aliphatic imine (C=N–C) groups is 1. The Morgan fingerprint density at radius 1 is 1.21 bits per heavy atom. The minimum atomic E-state index is 0.519. The highest BCUT2D eigenvalue weighted by Gasteiger charge is 2.12. The van der Waals surface area contributed by atoms with Gasteiger partial charge in [-0.05, 0) is 25.3 Å². The van der Waals surface area contributed by atoms with Crippen LogP contribution in [-0.4, -0.2) is 11.9 Å². The molecule has 0 radical (unpaired) electrons. The fourth-order valence-electron chi connectivity index (χ4n) is 2.66. The normalized spacial score (nSPS) is 17.2. The van der Waals surface area contributed by atoms with Gasteiger partial charge in [0.2, 0.25) is 0 Å². The Morgan fingerprint density at radius 2 is 1.89 bits per heavy atom. The molecule has 1 saturated carbocycles. The lowest BCUT2D eigenvalue weighted by Gasteiger charge is -2.19. The van der Waals surface area contributed by atoms with Crippen molar-refractivity contribution < 1.29 is 0 Å². The van der Waals surface area contributed by atoms with Crippen molar-refractivity contribution >= 4 is 5.84 Å². The van der Waals surface area contributed by atoms with Crippen LogP contribution in [0.2, 0.25) is 0 Å². The van der Waals surface area contributed by atoms with E-state index in [-0.39, 0.29) is 0 Å². The maximum absolute atomic E-state index is 4.76. The zero-order valence-corrected chi connectivity index (χ0v) is 11.9. The lowest BCUT2D eigenvalue weighted by molar-refractivity contribution is 0.442. The van der Waals surface area contributed by atoms with Gasteiger partial charge in [0, 0.05) is 12.1 Å². The molecular formula is C17H24N2. The third kappa shape index (κ3) is 4.90. The maximum atomic E-state index is 4.76. The molecule has 1 aliphatic rings. The summed E-state index contributed by atoms with van der Waals surface area (Å²) in [4.78, 5) is 4.76. The van der Waals surface area contributed by atoms with Gasteiger partial charge in [-0.1, -0.05) is 56.2 Å². The van der Waals surface area contributed by atoms with Crippen LogP contribution in [-0.2, 0) is 6.42 Å². The average Bonchev–Trinajstić information content (AvgIpc) is 2.40. The van der Waals surface area contributed by atoms with Crippen molar-refractivity contribution in [2.75, 3.05) is 0 Å². The van der Waals surface area contributed by atoms with Crippen molar-refractivity contribution in [1.29, 1.82) is 0 Å². The molecule has 102 valence electrons. The van der Waals surface area contributed by atoms with E-state index in [0.29, 0.717) is 6.04 Å². The fourth-order valence-corrected chi connectivity index (χ4v) is 2.66. The van der Waals surface area contributed by atoms with E-state index in [1.165, 1.54) is 37.7 Å². The number of allylic oxidation sites excluding steroid dienone is 1. The van der Waals surface area contributed by atoms with Crippen LogP contribution in [0.4, 0.5) is 0 Å². The zero-order valence-electron chi connectivity index (χ0n) is 11.9. The quantitative estimate of drug-likeness (QED) is 0.637. The van der Waals surface area contributed by atoms with E-state index >= 15 is 0 Å². The molecule has 19 heavy (non-hydrogen) atoms. The molecule has 0 heterocycles. The van der Waals surface area contributed by atoms with Crippen molar-refractivity contribution in [3.63, 3.8) is 0 Å². The van der Waals surface area contributed by atoms with Gasteiger partial charge in [-0.3, -0.25) is 4.99 Å². The lowest BCUT2D eigenvalue weighted by atomic mass is 9.96. The number of hydrogen-bond donors (Lipinski definition) is 1. The van der Waals surface area contributed by atoms with Crippen LogP contribution in [0.1, 0.15) is 44.6 Å². The standard InChI is InChI=1S/C17H24N2/c1-14(13-16-9-5-3-6-10-16)18-15(2)19-17-11-7-4-8-12-17/h3,5-6,9-10,17H,1,4,7-8,11-13H2,2H3,(H,18,19). The second-order valence-electron chi connectivity index (χ2n) is 5.40. The van der Waals surface area contributed by atoms with Crippen LogP contribution in [0.3, 0.4) is 0 Å². The van der Waals surface area contributed by atoms with E-state index in [1.807, 2.05) is 13.0 Å². The molecule has 0 amide bonds. The Kier molecular flexibility index (Phi) is 5.20. The fraction of sp³-hybridized carbons (Fsp3) is 0.471. The van der Waals surface area contributed by atoms with Crippen molar-refractivity contribution in [3.05, 3.63) is 48.2 Å². The number of amidine groups is 1. The van der Waals surface area contributed by atoms with Gasteiger partial charge in [0.05, 0.1) is 11.9 Å². The highest BCUT2D eigenvalue weighted by molar-refractivity contribution is 5.81. The second kappa shape index (κ2) is 7.13. The van der Waals surface area contributed by atoms with E-state index < -0.39 is 0 Å². The van der Waals surface area contributed by atoms with Crippen LogP contribution in [0, 0.1) is 0 Å². The number of nitrogens with one attached hydrogen (secondary N) is 1. The highest BCUT2D eigenvalue weighted by atomic mass is 15.0. The first-order valence-electron chi connectivity index (χ1n) is 7.27. The number of benzene rings is 1. The van der Waals surface area contributed by atoms with Crippen LogP contribution in [0.15, 0.2) is 47.6 Å². The molecule has 2 rings (SSSR count). The van der Waals surface area contributed by atoms with E-state index in [9.17, 15) is 0 Å². The molecule has 0 aromatic heterocycles. The molecule has 0 atom stereocenters. The van der Waals surface area contributed by atoms with Gasteiger partial charge in [0.25, 0.3) is 0 Å². The summed E-state index contributed by atoms with van der Waals surface area (Å²) in [7, 11) is 0. The SMILES string of the molecule is C=C(Cc1ccccc1)NC(C)=NC1CCCCC1. The van der Waals surface area contributed by atoms with Crippen molar-refractivity contribution in [2.45, 2.75) is 51.5 Å². The van der Waals surface area contributed by atoms with Crippen LogP contribution in [0.25, 0.3) is 0 Å². The van der Waals surface area contributed by atoms with Gasteiger partial charge >= 0.3 is 0 Å². The highest BCUT2D eigenvalue weighted by Crippen LogP contribution is 2.20. The molecular weight excluding hydrogens is 232 g/mol. The van der Waals surface area contributed by atoms with E-state index in [2.05, 4.69) is 36.2 Å². The van der Waals surface area contributed by atoms with Gasteiger partial charge in [-0.25, -0.2) is 0 Å². The molecule has 0 unspecified atom stereocenters. The molecule has 2 heteroatoms. The number of rotatable bonds is 4. The molecule has 1 fully saturated rings. The Labute approximate surface area is 116 Å². The van der Waals surface area contributed by atoms with Crippen molar-refractivity contribution in [1.82, 2.24) is 5.32 Å². The van der Waals surface area contributed by atoms with E-state index in [4.69, 9.17) is 4.99 Å². The largest absolute Gasteiger partial charge is 0.348 e. The summed E-state index contributed by atoms with van der Waals surface area (Å²) in [5, 5.41) is 3.33. The molecule has 0 bridgehead atoms. The van der Waals surface area contributed by atoms with Crippen molar-refractivity contribution in [3.8, 4) is 0 Å².